The van der Waals surface area contributed by atoms with Crippen LogP contribution in [0.3, 0.4) is 0 Å². The Bertz CT molecular complexity index is 1180. The number of methoxy groups -OCH3 is 1. The molecule has 28 heavy (non-hydrogen) atoms. The van der Waals surface area contributed by atoms with Crippen molar-refractivity contribution >= 4 is 34.0 Å². The third-order valence-corrected chi connectivity index (χ3v) is 5.24. The summed E-state index contributed by atoms with van der Waals surface area (Å²) in [5.41, 5.74) is 4.10. The van der Waals surface area contributed by atoms with Gasteiger partial charge in [-0.25, -0.2) is 9.97 Å². The zero-order valence-corrected chi connectivity index (χ0v) is 16.0. The fourth-order valence-corrected chi connectivity index (χ4v) is 3.79. The van der Waals surface area contributed by atoms with E-state index in [1.807, 2.05) is 42.5 Å². The van der Waals surface area contributed by atoms with Crippen molar-refractivity contribution in [2.75, 3.05) is 18.6 Å². The topological polar surface area (TPSA) is 51.1 Å². The third kappa shape index (κ3) is 2.84. The molecule has 0 saturated heterocycles. The summed E-state index contributed by atoms with van der Waals surface area (Å²) in [6.45, 7) is 0.839. The van der Waals surface area contributed by atoms with Crippen molar-refractivity contribution in [2.45, 2.75) is 6.42 Å². The lowest BCUT2D eigenvalue weighted by Crippen LogP contribution is -2.16. The van der Waals surface area contributed by atoms with Gasteiger partial charge in [-0.1, -0.05) is 17.7 Å². The SMILES string of the molecule is COc1ccc2nc(-c3cccnc3)nc(N3CCc4ccc(Cl)cc43)c2c1. The number of anilines is 2. The van der Waals surface area contributed by atoms with E-state index < -0.39 is 0 Å². The van der Waals surface area contributed by atoms with Crippen LogP contribution in [-0.2, 0) is 6.42 Å². The summed E-state index contributed by atoms with van der Waals surface area (Å²) < 4.78 is 5.44. The number of fused-ring (bicyclic) bond motifs is 2. The highest BCUT2D eigenvalue weighted by molar-refractivity contribution is 6.31. The average Bonchev–Trinajstić information content (AvgIpc) is 3.16. The van der Waals surface area contributed by atoms with E-state index >= 15 is 0 Å². The molecule has 5 rings (SSSR count). The lowest BCUT2D eigenvalue weighted by Gasteiger charge is -2.21. The average molecular weight is 389 g/mol. The number of aromatic nitrogens is 3. The lowest BCUT2D eigenvalue weighted by atomic mass is 10.1. The van der Waals surface area contributed by atoms with E-state index in [0.29, 0.717) is 10.8 Å². The van der Waals surface area contributed by atoms with Crippen LogP contribution in [0.4, 0.5) is 11.5 Å². The molecule has 4 aromatic rings. The van der Waals surface area contributed by atoms with Gasteiger partial charge in [0, 0.05) is 40.6 Å². The second-order valence-electron chi connectivity index (χ2n) is 6.67. The smallest absolute Gasteiger partial charge is 0.163 e. The van der Waals surface area contributed by atoms with Crippen LogP contribution in [0.15, 0.2) is 60.9 Å². The number of hydrogen-bond acceptors (Lipinski definition) is 5. The van der Waals surface area contributed by atoms with E-state index in [1.165, 1.54) is 5.56 Å². The predicted molar refractivity (Wildman–Crippen MR) is 111 cm³/mol. The van der Waals surface area contributed by atoms with Gasteiger partial charge in [-0.05, 0) is 54.4 Å². The van der Waals surface area contributed by atoms with Crippen molar-refractivity contribution in [3.05, 3.63) is 71.5 Å². The van der Waals surface area contributed by atoms with Gasteiger partial charge < -0.3 is 9.64 Å². The van der Waals surface area contributed by atoms with Crippen molar-refractivity contribution < 1.29 is 4.74 Å². The van der Waals surface area contributed by atoms with Crippen molar-refractivity contribution in [3.8, 4) is 17.1 Å². The maximum Gasteiger partial charge on any atom is 0.163 e. The number of halogens is 1. The van der Waals surface area contributed by atoms with Gasteiger partial charge in [-0.3, -0.25) is 4.98 Å². The molecule has 0 N–H and O–H groups in total. The molecule has 2 aromatic carbocycles. The highest BCUT2D eigenvalue weighted by Gasteiger charge is 2.24. The third-order valence-electron chi connectivity index (χ3n) is 5.00. The number of rotatable bonds is 3. The van der Waals surface area contributed by atoms with Crippen LogP contribution in [0.5, 0.6) is 5.75 Å². The molecule has 3 heterocycles. The Hall–Kier alpha value is -3.18. The van der Waals surface area contributed by atoms with Crippen molar-refractivity contribution in [2.24, 2.45) is 0 Å². The molecule has 0 fully saturated rings. The molecule has 0 saturated carbocycles. The second kappa shape index (κ2) is 6.77. The highest BCUT2D eigenvalue weighted by Crippen LogP contribution is 2.39. The summed E-state index contributed by atoms with van der Waals surface area (Å²) >= 11 is 6.28. The van der Waals surface area contributed by atoms with Crippen LogP contribution in [-0.4, -0.2) is 28.6 Å². The van der Waals surface area contributed by atoms with Crippen LogP contribution in [0.2, 0.25) is 5.02 Å². The lowest BCUT2D eigenvalue weighted by molar-refractivity contribution is 0.415. The van der Waals surface area contributed by atoms with Crippen LogP contribution in [0.25, 0.3) is 22.3 Å². The minimum atomic E-state index is 0.649. The summed E-state index contributed by atoms with van der Waals surface area (Å²) in [6, 6.07) is 15.8. The molecule has 138 valence electrons. The summed E-state index contributed by atoms with van der Waals surface area (Å²) in [5.74, 6) is 2.28. The highest BCUT2D eigenvalue weighted by atomic mass is 35.5. The minimum absolute atomic E-state index is 0.649. The van der Waals surface area contributed by atoms with E-state index in [9.17, 15) is 0 Å². The van der Waals surface area contributed by atoms with Gasteiger partial charge in [-0.2, -0.15) is 0 Å². The largest absolute Gasteiger partial charge is 0.497 e. The van der Waals surface area contributed by atoms with Crippen molar-refractivity contribution in [1.82, 2.24) is 15.0 Å². The summed E-state index contributed by atoms with van der Waals surface area (Å²) in [6.07, 6.45) is 4.47. The Morgan fingerprint density at radius 1 is 1.07 bits per heavy atom. The van der Waals surface area contributed by atoms with Crippen LogP contribution >= 0.6 is 11.6 Å². The molecule has 0 amide bonds. The Morgan fingerprint density at radius 2 is 2.00 bits per heavy atom. The molecule has 0 spiro atoms. The minimum Gasteiger partial charge on any atom is -0.497 e. The molecule has 6 heteroatoms. The zero-order chi connectivity index (χ0) is 19.1. The molecule has 1 aliphatic heterocycles. The Morgan fingerprint density at radius 3 is 2.82 bits per heavy atom. The Balaban J connectivity index is 1.76. The maximum atomic E-state index is 6.28. The first kappa shape index (κ1) is 17.0. The van der Waals surface area contributed by atoms with Gasteiger partial charge in [0.2, 0.25) is 0 Å². The van der Waals surface area contributed by atoms with Crippen molar-refractivity contribution in [3.63, 3.8) is 0 Å². The number of benzene rings is 2. The van der Waals surface area contributed by atoms with Crippen LogP contribution in [0, 0.1) is 0 Å². The summed E-state index contributed by atoms with van der Waals surface area (Å²) in [7, 11) is 1.66. The van der Waals surface area contributed by atoms with Gasteiger partial charge in [0.15, 0.2) is 5.82 Å². The molecule has 0 bridgehead atoms. The number of pyridine rings is 1. The fourth-order valence-electron chi connectivity index (χ4n) is 3.62. The van der Waals surface area contributed by atoms with Crippen molar-refractivity contribution in [1.29, 1.82) is 0 Å². The zero-order valence-electron chi connectivity index (χ0n) is 15.3. The van der Waals surface area contributed by atoms with E-state index in [2.05, 4.69) is 16.0 Å². The first-order valence-electron chi connectivity index (χ1n) is 9.05. The molecule has 0 unspecified atom stereocenters. The van der Waals surface area contributed by atoms with Gasteiger partial charge in [0.1, 0.15) is 11.6 Å². The van der Waals surface area contributed by atoms with Gasteiger partial charge >= 0.3 is 0 Å². The molecule has 0 radical (unpaired) electrons. The number of hydrogen-bond donors (Lipinski definition) is 0. The van der Waals surface area contributed by atoms with E-state index in [1.54, 1.807) is 19.5 Å². The molecule has 0 aliphatic carbocycles. The van der Waals surface area contributed by atoms with Gasteiger partial charge in [0.05, 0.1) is 12.6 Å². The molecule has 2 aromatic heterocycles. The molecular formula is C22H17ClN4O. The molecular weight excluding hydrogens is 372 g/mol. The quantitative estimate of drug-likeness (QED) is 0.491. The molecule has 0 atom stereocenters. The Kier molecular flexibility index (Phi) is 4.10. The number of nitrogens with zero attached hydrogens (tertiary/aromatic N) is 4. The van der Waals surface area contributed by atoms with Crippen LogP contribution < -0.4 is 9.64 Å². The standard InChI is InChI=1S/C22H17ClN4O/c1-28-17-6-7-19-18(12-17)22(26-21(25-19)15-3-2-9-24-13-15)27-10-8-14-4-5-16(23)11-20(14)27/h2-7,9,11-13H,8,10H2,1H3. The van der Waals surface area contributed by atoms with E-state index in [4.69, 9.17) is 26.3 Å². The first-order valence-corrected chi connectivity index (χ1v) is 9.43. The second-order valence-corrected chi connectivity index (χ2v) is 7.11. The summed E-state index contributed by atoms with van der Waals surface area (Å²) in [4.78, 5) is 16.1. The van der Waals surface area contributed by atoms with Gasteiger partial charge in [-0.15, -0.1) is 0 Å². The van der Waals surface area contributed by atoms with Gasteiger partial charge in [0.25, 0.3) is 0 Å². The summed E-state index contributed by atoms with van der Waals surface area (Å²) in [5, 5.41) is 1.66. The first-order chi connectivity index (χ1) is 13.7. The fraction of sp³-hybridized carbons (Fsp3) is 0.136. The Labute approximate surface area is 167 Å². The maximum absolute atomic E-state index is 6.28. The predicted octanol–water partition coefficient (Wildman–Crippen LogP) is 5.05. The molecule has 5 nitrogen and oxygen atoms in total. The van der Waals surface area contributed by atoms with Crippen LogP contribution in [0.1, 0.15) is 5.56 Å². The van der Waals surface area contributed by atoms with E-state index in [-0.39, 0.29) is 0 Å². The van der Waals surface area contributed by atoms with E-state index in [0.717, 1.165) is 46.7 Å². The number of ether oxygens (including phenoxy) is 1. The molecule has 1 aliphatic rings. The normalized spacial score (nSPS) is 13.0. The monoisotopic (exact) mass is 388 g/mol.